The molecule has 124 valence electrons. The van der Waals surface area contributed by atoms with E-state index < -0.39 is 28.8 Å². The van der Waals surface area contributed by atoms with Gasteiger partial charge in [0.25, 0.3) is 5.56 Å². The van der Waals surface area contributed by atoms with E-state index >= 15 is 0 Å². The number of aromatic nitrogens is 2. The van der Waals surface area contributed by atoms with Crippen LogP contribution < -0.4 is 11.0 Å². The quantitative estimate of drug-likeness (QED) is 0.943. The van der Waals surface area contributed by atoms with Crippen molar-refractivity contribution in [3.63, 3.8) is 0 Å². The predicted octanol–water partition coefficient (Wildman–Crippen LogP) is 2.92. The fraction of sp³-hybridized carbons (Fsp3) is 0.400. The Morgan fingerprint density at radius 2 is 1.78 bits per heavy atom. The van der Waals surface area contributed by atoms with Gasteiger partial charge < -0.3 is 0 Å². The van der Waals surface area contributed by atoms with Gasteiger partial charge in [0.2, 0.25) is 5.91 Å². The fourth-order valence-corrected chi connectivity index (χ4v) is 1.88. The highest BCUT2D eigenvalue weighted by Gasteiger charge is 2.36. The number of amides is 1. The van der Waals surface area contributed by atoms with Crippen LogP contribution in [-0.2, 0) is 11.0 Å². The number of nitrogens with one attached hydrogen (secondary N) is 1. The molecule has 8 heteroatoms. The summed E-state index contributed by atoms with van der Waals surface area (Å²) in [5.74, 6) is -0.585. The highest BCUT2D eigenvalue weighted by Crippen LogP contribution is 2.31. The monoisotopic (exact) mass is 327 g/mol. The second-order valence-electron chi connectivity index (χ2n) is 5.79. The van der Waals surface area contributed by atoms with Crippen LogP contribution in [0.5, 0.6) is 0 Å². The molecule has 0 unspecified atom stereocenters. The molecule has 1 aromatic carbocycles. The molecule has 0 fully saturated rings. The molecule has 2 rings (SSSR count). The average molecular weight is 327 g/mol. The van der Waals surface area contributed by atoms with E-state index in [9.17, 15) is 22.8 Å². The number of fused-ring (bicyclic) bond motifs is 1. The van der Waals surface area contributed by atoms with Crippen molar-refractivity contribution in [2.45, 2.75) is 33.4 Å². The van der Waals surface area contributed by atoms with Gasteiger partial charge in [0.05, 0.1) is 5.39 Å². The summed E-state index contributed by atoms with van der Waals surface area (Å²) in [5.41, 5.74) is -0.713. The smallest absolute Gasteiger partial charge is 0.273 e. The highest BCUT2D eigenvalue weighted by atomic mass is 19.4. The number of halogens is 3. The second kappa shape index (κ2) is 5.68. The first-order chi connectivity index (χ1) is 10.6. The third-order valence-corrected chi connectivity index (χ3v) is 3.78. The minimum absolute atomic E-state index is 0.163. The number of rotatable bonds is 3. The summed E-state index contributed by atoms with van der Waals surface area (Å²) in [6.07, 6.45) is -4.30. The Hall–Kier alpha value is -2.38. The van der Waals surface area contributed by atoms with Crippen LogP contribution in [0.25, 0.3) is 10.8 Å². The van der Waals surface area contributed by atoms with Crippen LogP contribution in [0.4, 0.5) is 13.2 Å². The standard InChI is InChI=1S/C15H16F3N3O2/c1-4-14(2,3)13(23)20-21-12(22)10-8-6-5-7-9(10)11(19-21)15(16,17)18/h5-8H,4H2,1-3H3,(H,20,23). The molecule has 0 aliphatic heterocycles. The van der Waals surface area contributed by atoms with Crippen LogP contribution in [0, 0.1) is 5.41 Å². The number of carbonyl (C=O) groups is 1. The largest absolute Gasteiger partial charge is 0.435 e. The second-order valence-corrected chi connectivity index (χ2v) is 5.79. The normalized spacial score (nSPS) is 12.4. The van der Waals surface area contributed by atoms with E-state index in [2.05, 4.69) is 10.5 Å². The van der Waals surface area contributed by atoms with Crippen molar-refractivity contribution in [1.82, 2.24) is 9.89 Å². The van der Waals surface area contributed by atoms with Crippen molar-refractivity contribution in [3.8, 4) is 0 Å². The maximum absolute atomic E-state index is 13.2. The maximum atomic E-state index is 13.2. The van der Waals surface area contributed by atoms with Gasteiger partial charge in [-0.2, -0.15) is 13.2 Å². The average Bonchev–Trinajstić information content (AvgIpc) is 2.48. The molecule has 1 heterocycles. The molecule has 0 spiro atoms. The zero-order valence-electron chi connectivity index (χ0n) is 12.9. The lowest BCUT2D eigenvalue weighted by atomic mass is 9.90. The van der Waals surface area contributed by atoms with Crippen LogP contribution in [0.2, 0.25) is 0 Å². The summed E-state index contributed by atoms with van der Waals surface area (Å²) in [7, 11) is 0. The Morgan fingerprint density at radius 1 is 1.22 bits per heavy atom. The van der Waals surface area contributed by atoms with E-state index in [1.165, 1.54) is 24.3 Å². The van der Waals surface area contributed by atoms with Gasteiger partial charge in [-0.1, -0.05) is 39.0 Å². The van der Waals surface area contributed by atoms with Crippen molar-refractivity contribution in [2.75, 3.05) is 5.43 Å². The molecule has 23 heavy (non-hydrogen) atoms. The van der Waals surface area contributed by atoms with Crippen LogP contribution in [0.1, 0.15) is 32.9 Å². The summed E-state index contributed by atoms with van der Waals surface area (Å²) in [4.78, 5) is 24.8. The third-order valence-electron chi connectivity index (χ3n) is 3.78. The first kappa shape index (κ1) is 17.0. The van der Waals surface area contributed by atoms with Crippen LogP contribution in [0.3, 0.4) is 0 Å². The molecule has 1 aromatic heterocycles. The molecule has 1 N–H and O–H groups in total. The number of benzene rings is 1. The summed E-state index contributed by atoms with van der Waals surface area (Å²) in [5, 5.41) is 2.84. The van der Waals surface area contributed by atoms with Crippen LogP contribution in [0.15, 0.2) is 29.1 Å². The Labute approximate surface area is 130 Å². The van der Waals surface area contributed by atoms with Gasteiger partial charge in [0.1, 0.15) is 0 Å². The molecular formula is C15H16F3N3O2. The number of hydrogen-bond donors (Lipinski definition) is 1. The Bertz CT molecular complexity index is 810. The minimum Gasteiger partial charge on any atom is -0.273 e. The van der Waals surface area contributed by atoms with Crippen molar-refractivity contribution >= 4 is 16.7 Å². The summed E-state index contributed by atoms with van der Waals surface area (Å²) >= 11 is 0. The molecule has 2 aromatic rings. The van der Waals surface area contributed by atoms with Crippen LogP contribution in [-0.4, -0.2) is 15.8 Å². The summed E-state index contributed by atoms with van der Waals surface area (Å²) in [6, 6.07) is 5.28. The Kier molecular flexibility index (Phi) is 4.19. The van der Waals surface area contributed by atoms with Crippen molar-refractivity contribution in [3.05, 3.63) is 40.3 Å². The molecule has 0 saturated heterocycles. The van der Waals surface area contributed by atoms with Gasteiger partial charge in [-0.05, 0) is 12.5 Å². The van der Waals surface area contributed by atoms with Crippen molar-refractivity contribution in [2.24, 2.45) is 5.41 Å². The Morgan fingerprint density at radius 3 is 2.30 bits per heavy atom. The molecule has 0 aliphatic rings. The fourth-order valence-electron chi connectivity index (χ4n) is 1.88. The molecule has 0 bridgehead atoms. The third kappa shape index (κ3) is 3.20. The van der Waals surface area contributed by atoms with Crippen molar-refractivity contribution < 1.29 is 18.0 Å². The number of alkyl halides is 3. The summed E-state index contributed by atoms with van der Waals surface area (Å²) in [6.45, 7) is 5.01. The lowest BCUT2D eigenvalue weighted by Gasteiger charge is -2.22. The lowest BCUT2D eigenvalue weighted by molar-refractivity contribution is -0.141. The SMILES string of the molecule is CCC(C)(C)C(=O)Nn1nc(C(F)(F)F)c2ccccc2c1=O. The molecular weight excluding hydrogens is 311 g/mol. The molecule has 1 amide bonds. The van der Waals surface area contributed by atoms with Gasteiger partial charge in [-0.25, -0.2) is 5.43 Å². The molecule has 0 saturated carbocycles. The van der Waals surface area contributed by atoms with E-state index in [1.54, 1.807) is 20.8 Å². The maximum Gasteiger partial charge on any atom is 0.435 e. The molecule has 0 atom stereocenters. The van der Waals surface area contributed by atoms with Crippen LogP contribution >= 0.6 is 0 Å². The van der Waals surface area contributed by atoms with Gasteiger partial charge in [-0.3, -0.25) is 9.59 Å². The lowest BCUT2D eigenvalue weighted by Crippen LogP contribution is -2.42. The first-order valence-electron chi connectivity index (χ1n) is 6.98. The molecule has 5 nitrogen and oxygen atoms in total. The minimum atomic E-state index is -4.75. The zero-order chi connectivity index (χ0) is 17.4. The van der Waals surface area contributed by atoms with E-state index in [0.717, 1.165) is 0 Å². The van der Waals surface area contributed by atoms with E-state index in [1.807, 2.05) is 0 Å². The summed E-state index contributed by atoms with van der Waals surface area (Å²) < 4.78 is 39.5. The number of carbonyl (C=O) groups excluding carboxylic acids is 1. The zero-order valence-corrected chi connectivity index (χ0v) is 12.9. The van der Waals surface area contributed by atoms with Gasteiger partial charge in [0, 0.05) is 10.8 Å². The van der Waals surface area contributed by atoms with E-state index in [0.29, 0.717) is 11.2 Å². The van der Waals surface area contributed by atoms with E-state index in [-0.39, 0.29) is 10.8 Å². The van der Waals surface area contributed by atoms with E-state index in [4.69, 9.17) is 0 Å². The Balaban J connectivity index is 2.64. The number of nitrogens with zero attached hydrogens (tertiary/aromatic N) is 2. The first-order valence-corrected chi connectivity index (χ1v) is 6.98. The van der Waals surface area contributed by atoms with Crippen molar-refractivity contribution in [1.29, 1.82) is 0 Å². The van der Waals surface area contributed by atoms with Gasteiger partial charge in [-0.15, -0.1) is 9.89 Å². The van der Waals surface area contributed by atoms with Gasteiger partial charge in [0.15, 0.2) is 5.69 Å². The molecule has 0 radical (unpaired) electrons. The highest BCUT2D eigenvalue weighted by molar-refractivity contribution is 5.89. The van der Waals surface area contributed by atoms with Gasteiger partial charge >= 0.3 is 6.18 Å². The molecule has 0 aliphatic carbocycles. The topological polar surface area (TPSA) is 64.0 Å². The predicted molar refractivity (Wildman–Crippen MR) is 79.4 cm³/mol. The number of hydrogen-bond acceptors (Lipinski definition) is 3.